The molecule has 1 aromatic rings. The molecule has 0 bridgehead atoms. The number of nitro groups is 1. The SMILES string of the molecule is C=CCN1c2ccc([N+](=O)[O-])c(C#N)c2OCC12CCN(C(=O)OC(C)(C)C)CC2. The van der Waals surface area contributed by atoms with Crippen molar-refractivity contribution in [3.05, 3.63) is 40.5 Å². The predicted molar refractivity (Wildman–Crippen MR) is 111 cm³/mol. The van der Waals surface area contributed by atoms with Crippen molar-refractivity contribution in [2.75, 3.05) is 31.1 Å². The molecule has 0 atom stereocenters. The van der Waals surface area contributed by atoms with Crippen molar-refractivity contribution in [2.45, 2.75) is 44.8 Å². The van der Waals surface area contributed by atoms with Gasteiger partial charge in [-0.1, -0.05) is 6.08 Å². The first kappa shape index (κ1) is 21.4. The van der Waals surface area contributed by atoms with Gasteiger partial charge in [0.1, 0.15) is 18.3 Å². The fourth-order valence-electron chi connectivity index (χ4n) is 3.99. The molecule has 0 unspecified atom stereocenters. The predicted octanol–water partition coefficient (Wildman–Crippen LogP) is 3.62. The molecular weight excluding hydrogens is 388 g/mol. The number of amides is 1. The maximum atomic E-state index is 12.4. The number of carbonyl (C=O) groups excluding carboxylic acids is 1. The molecule has 1 fully saturated rings. The Labute approximate surface area is 175 Å². The number of rotatable bonds is 3. The molecule has 3 rings (SSSR count). The van der Waals surface area contributed by atoms with Crippen LogP contribution in [-0.4, -0.2) is 53.3 Å². The molecule has 2 aliphatic rings. The second-order valence-corrected chi connectivity index (χ2v) is 8.56. The van der Waals surface area contributed by atoms with Gasteiger partial charge < -0.3 is 19.3 Å². The summed E-state index contributed by atoms with van der Waals surface area (Å²) in [6, 6.07) is 4.88. The van der Waals surface area contributed by atoms with Crippen LogP contribution in [0.4, 0.5) is 16.2 Å². The summed E-state index contributed by atoms with van der Waals surface area (Å²) in [5.74, 6) is 0.230. The number of nitrogens with zero attached hydrogens (tertiary/aromatic N) is 4. The molecule has 160 valence electrons. The molecule has 1 aromatic carbocycles. The van der Waals surface area contributed by atoms with E-state index in [2.05, 4.69) is 11.5 Å². The average molecular weight is 414 g/mol. The first-order chi connectivity index (χ1) is 14.1. The van der Waals surface area contributed by atoms with Crippen LogP contribution in [0.3, 0.4) is 0 Å². The van der Waals surface area contributed by atoms with Crippen LogP contribution in [-0.2, 0) is 4.74 Å². The van der Waals surface area contributed by atoms with Crippen LogP contribution in [0, 0.1) is 21.4 Å². The van der Waals surface area contributed by atoms with Gasteiger partial charge in [0.2, 0.25) is 0 Å². The quantitative estimate of drug-likeness (QED) is 0.422. The molecule has 0 aliphatic carbocycles. The smallest absolute Gasteiger partial charge is 0.410 e. The fourth-order valence-corrected chi connectivity index (χ4v) is 3.99. The van der Waals surface area contributed by atoms with Gasteiger partial charge in [0, 0.05) is 25.7 Å². The van der Waals surface area contributed by atoms with E-state index >= 15 is 0 Å². The third-order valence-electron chi connectivity index (χ3n) is 5.43. The Morgan fingerprint density at radius 1 is 1.43 bits per heavy atom. The van der Waals surface area contributed by atoms with Crippen LogP contribution in [0.2, 0.25) is 0 Å². The average Bonchev–Trinajstić information content (AvgIpc) is 2.68. The summed E-state index contributed by atoms with van der Waals surface area (Å²) in [7, 11) is 0. The maximum Gasteiger partial charge on any atom is 0.410 e. The number of likely N-dealkylation sites (tertiary alicyclic amines) is 1. The number of hydrogen-bond donors (Lipinski definition) is 0. The summed E-state index contributed by atoms with van der Waals surface area (Å²) >= 11 is 0. The summed E-state index contributed by atoms with van der Waals surface area (Å²) in [5, 5.41) is 20.8. The van der Waals surface area contributed by atoms with Gasteiger partial charge in [-0.15, -0.1) is 6.58 Å². The van der Waals surface area contributed by atoms with Crippen LogP contribution >= 0.6 is 0 Å². The van der Waals surface area contributed by atoms with Crippen LogP contribution < -0.4 is 9.64 Å². The number of anilines is 1. The molecule has 0 aromatic heterocycles. The van der Waals surface area contributed by atoms with Gasteiger partial charge in [0.05, 0.1) is 16.1 Å². The Hall–Kier alpha value is -3.28. The van der Waals surface area contributed by atoms with E-state index in [-0.39, 0.29) is 29.7 Å². The van der Waals surface area contributed by atoms with Crippen molar-refractivity contribution in [3.8, 4) is 11.8 Å². The van der Waals surface area contributed by atoms with Crippen LogP contribution in [0.5, 0.6) is 5.75 Å². The lowest BCUT2D eigenvalue weighted by Crippen LogP contribution is -2.61. The minimum atomic E-state index is -0.580. The Morgan fingerprint density at radius 3 is 2.63 bits per heavy atom. The third kappa shape index (κ3) is 3.90. The number of nitriles is 1. The largest absolute Gasteiger partial charge is 0.487 e. The molecule has 1 amide bonds. The normalized spacial score (nSPS) is 17.5. The molecule has 2 heterocycles. The van der Waals surface area contributed by atoms with Crippen molar-refractivity contribution in [2.24, 2.45) is 0 Å². The van der Waals surface area contributed by atoms with Crippen molar-refractivity contribution in [1.82, 2.24) is 4.90 Å². The fraction of sp³-hybridized carbons (Fsp3) is 0.524. The molecule has 1 saturated heterocycles. The standard InChI is InChI=1S/C21H26N4O5/c1-5-10-24-17-7-6-16(25(27)28)15(13-22)18(17)29-14-21(24)8-11-23(12-9-21)19(26)30-20(2,3)4/h5-7H,1,8-12,14H2,2-4H3. The Kier molecular flexibility index (Phi) is 5.61. The number of nitro benzene ring substituents is 1. The molecule has 9 heteroatoms. The highest BCUT2D eigenvalue weighted by Gasteiger charge is 2.46. The second kappa shape index (κ2) is 7.86. The molecule has 30 heavy (non-hydrogen) atoms. The van der Waals surface area contributed by atoms with E-state index < -0.39 is 16.1 Å². The summed E-state index contributed by atoms with van der Waals surface area (Å²) in [6.45, 7) is 11.1. The van der Waals surface area contributed by atoms with E-state index in [4.69, 9.17) is 9.47 Å². The number of ether oxygens (including phenoxy) is 2. The first-order valence-corrected chi connectivity index (χ1v) is 9.82. The van der Waals surface area contributed by atoms with Crippen LogP contribution in [0.1, 0.15) is 39.2 Å². The van der Waals surface area contributed by atoms with E-state index in [9.17, 15) is 20.2 Å². The highest BCUT2D eigenvalue weighted by atomic mass is 16.6. The van der Waals surface area contributed by atoms with Crippen molar-refractivity contribution in [1.29, 1.82) is 5.26 Å². The second-order valence-electron chi connectivity index (χ2n) is 8.56. The van der Waals surface area contributed by atoms with Gasteiger partial charge in [0.15, 0.2) is 11.3 Å². The molecule has 0 saturated carbocycles. The minimum absolute atomic E-state index is 0.0763. The zero-order chi connectivity index (χ0) is 22.1. The van der Waals surface area contributed by atoms with E-state index in [0.29, 0.717) is 38.2 Å². The van der Waals surface area contributed by atoms with Gasteiger partial charge >= 0.3 is 6.09 Å². The van der Waals surface area contributed by atoms with Gasteiger partial charge in [-0.2, -0.15) is 5.26 Å². The van der Waals surface area contributed by atoms with Crippen molar-refractivity contribution >= 4 is 17.5 Å². The van der Waals surface area contributed by atoms with Gasteiger partial charge in [-0.3, -0.25) is 10.1 Å². The lowest BCUT2D eigenvalue weighted by molar-refractivity contribution is -0.385. The number of piperidine rings is 1. The highest BCUT2D eigenvalue weighted by Crippen LogP contribution is 2.46. The Bertz CT molecular complexity index is 907. The van der Waals surface area contributed by atoms with Gasteiger partial charge in [0.25, 0.3) is 5.69 Å². The zero-order valence-corrected chi connectivity index (χ0v) is 17.5. The van der Waals surface area contributed by atoms with E-state index in [1.165, 1.54) is 6.07 Å². The van der Waals surface area contributed by atoms with Crippen molar-refractivity contribution < 1.29 is 19.2 Å². The number of carbonyl (C=O) groups is 1. The van der Waals surface area contributed by atoms with E-state index in [1.54, 1.807) is 17.0 Å². The zero-order valence-electron chi connectivity index (χ0n) is 17.5. The Morgan fingerprint density at radius 2 is 2.10 bits per heavy atom. The van der Waals surface area contributed by atoms with Crippen LogP contribution in [0.25, 0.3) is 0 Å². The molecular formula is C21H26N4O5. The highest BCUT2D eigenvalue weighted by molar-refractivity contribution is 5.74. The van der Waals surface area contributed by atoms with Gasteiger partial charge in [-0.25, -0.2) is 4.79 Å². The molecule has 0 N–H and O–H groups in total. The molecule has 2 aliphatic heterocycles. The van der Waals surface area contributed by atoms with Crippen molar-refractivity contribution in [3.63, 3.8) is 0 Å². The van der Waals surface area contributed by atoms with E-state index in [1.807, 2.05) is 26.8 Å². The number of fused-ring (bicyclic) bond motifs is 1. The van der Waals surface area contributed by atoms with Gasteiger partial charge in [-0.05, 0) is 39.7 Å². The summed E-state index contributed by atoms with van der Waals surface area (Å²) in [4.78, 5) is 26.9. The van der Waals surface area contributed by atoms with Crippen LogP contribution in [0.15, 0.2) is 24.8 Å². The number of benzene rings is 1. The summed E-state index contributed by atoms with van der Waals surface area (Å²) in [6.07, 6.45) is 2.69. The minimum Gasteiger partial charge on any atom is -0.487 e. The lowest BCUT2D eigenvalue weighted by Gasteiger charge is -2.52. The van der Waals surface area contributed by atoms with E-state index in [0.717, 1.165) is 0 Å². The Balaban J connectivity index is 1.89. The monoisotopic (exact) mass is 414 g/mol. The first-order valence-electron chi connectivity index (χ1n) is 9.82. The third-order valence-corrected chi connectivity index (χ3v) is 5.43. The summed E-state index contributed by atoms with van der Waals surface area (Å²) in [5.41, 5.74) is -0.675. The lowest BCUT2D eigenvalue weighted by atomic mass is 9.84. The molecule has 0 radical (unpaired) electrons. The summed E-state index contributed by atoms with van der Waals surface area (Å²) < 4.78 is 11.4. The molecule has 9 nitrogen and oxygen atoms in total. The number of hydrogen-bond acceptors (Lipinski definition) is 7. The maximum absolute atomic E-state index is 12.4. The molecule has 1 spiro atoms. The topological polar surface area (TPSA) is 109 Å².